The number of aliphatic hydroxyl groups excluding tert-OH is 1. The fraction of sp³-hybridized carbons (Fsp3) is 0.250. The smallest absolute Gasteiger partial charge is 0.137 e. The summed E-state index contributed by atoms with van der Waals surface area (Å²) in [6.45, 7) is 2.13. The van der Waals surface area contributed by atoms with Gasteiger partial charge < -0.3 is 5.11 Å². The van der Waals surface area contributed by atoms with Gasteiger partial charge in [-0.1, -0.05) is 43.7 Å². The Bertz CT molecular complexity index is 551. The van der Waals surface area contributed by atoms with Crippen molar-refractivity contribution in [3.05, 3.63) is 69.4 Å². The molecular formula is C16H16BrFO. The molecule has 0 radical (unpaired) electrons. The molecule has 0 heterocycles. The average molecular weight is 323 g/mol. The van der Waals surface area contributed by atoms with Gasteiger partial charge in [-0.15, -0.1) is 0 Å². The van der Waals surface area contributed by atoms with Crippen molar-refractivity contribution in [1.29, 1.82) is 0 Å². The highest BCUT2D eigenvalue weighted by molar-refractivity contribution is 9.10. The second-order valence-electron chi connectivity index (χ2n) is 4.57. The second-order valence-corrected chi connectivity index (χ2v) is 5.42. The molecule has 0 aliphatic rings. The van der Waals surface area contributed by atoms with Crippen molar-refractivity contribution < 1.29 is 9.50 Å². The van der Waals surface area contributed by atoms with Crippen LogP contribution >= 0.6 is 15.9 Å². The van der Waals surface area contributed by atoms with E-state index in [9.17, 15) is 9.50 Å². The number of aryl methyl sites for hydroxylation is 1. The van der Waals surface area contributed by atoms with Gasteiger partial charge in [0.05, 0.1) is 4.47 Å². The van der Waals surface area contributed by atoms with E-state index in [1.54, 1.807) is 12.1 Å². The van der Waals surface area contributed by atoms with Crippen molar-refractivity contribution in [2.24, 2.45) is 0 Å². The zero-order valence-electron chi connectivity index (χ0n) is 10.7. The summed E-state index contributed by atoms with van der Waals surface area (Å²) in [5.41, 5.74) is 2.59. The lowest BCUT2D eigenvalue weighted by Crippen LogP contribution is -2.00. The predicted octanol–water partition coefficient (Wildman–Crippen LogP) is 4.62. The topological polar surface area (TPSA) is 20.2 Å². The molecule has 1 nitrogen and oxygen atoms in total. The largest absolute Gasteiger partial charge is 0.384 e. The van der Waals surface area contributed by atoms with Gasteiger partial charge in [0.1, 0.15) is 11.9 Å². The molecule has 19 heavy (non-hydrogen) atoms. The summed E-state index contributed by atoms with van der Waals surface area (Å²) in [5, 5.41) is 10.2. The molecule has 0 spiro atoms. The highest BCUT2D eigenvalue weighted by atomic mass is 79.9. The quantitative estimate of drug-likeness (QED) is 0.870. The van der Waals surface area contributed by atoms with E-state index in [0.717, 1.165) is 18.4 Å². The Morgan fingerprint density at radius 2 is 1.74 bits per heavy atom. The normalized spacial score (nSPS) is 12.4. The van der Waals surface area contributed by atoms with Crippen LogP contribution in [0, 0.1) is 5.82 Å². The van der Waals surface area contributed by atoms with Gasteiger partial charge in [0.25, 0.3) is 0 Å². The summed E-state index contributed by atoms with van der Waals surface area (Å²) < 4.78 is 13.9. The summed E-state index contributed by atoms with van der Waals surface area (Å²) in [7, 11) is 0. The van der Waals surface area contributed by atoms with Gasteiger partial charge in [0, 0.05) is 0 Å². The average Bonchev–Trinajstić information content (AvgIpc) is 2.42. The summed E-state index contributed by atoms with van der Waals surface area (Å²) >= 11 is 3.10. The second kappa shape index (κ2) is 6.31. The van der Waals surface area contributed by atoms with Crippen molar-refractivity contribution in [2.75, 3.05) is 0 Å². The van der Waals surface area contributed by atoms with Gasteiger partial charge in [-0.3, -0.25) is 0 Å². The van der Waals surface area contributed by atoms with Crippen molar-refractivity contribution in [1.82, 2.24) is 0 Å². The van der Waals surface area contributed by atoms with E-state index in [1.807, 2.05) is 24.3 Å². The van der Waals surface area contributed by atoms with Gasteiger partial charge in [-0.2, -0.15) is 0 Å². The first-order valence-electron chi connectivity index (χ1n) is 6.33. The van der Waals surface area contributed by atoms with E-state index in [-0.39, 0.29) is 5.82 Å². The van der Waals surface area contributed by atoms with E-state index in [2.05, 4.69) is 22.9 Å². The van der Waals surface area contributed by atoms with Crippen molar-refractivity contribution in [3.63, 3.8) is 0 Å². The first-order valence-corrected chi connectivity index (χ1v) is 7.13. The Morgan fingerprint density at radius 3 is 2.32 bits per heavy atom. The fourth-order valence-corrected chi connectivity index (χ4v) is 2.28. The van der Waals surface area contributed by atoms with Crippen LogP contribution in [0.4, 0.5) is 4.39 Å². The van der Waals surface area contributed by atoms with E-state index in [0.29, 0.717) is 10.0 Å². The van der Waals surface area contributed by atoms with Crippen LogP contribution in [0.1, 0.15) is 36.1 Å². The minimum Gasteiger partial charge on any atom is -0.384 e. The molecule has 100 valence electrons. The first-order chi connectivity index (χ1) is 9.11. The Morgan fingerprint density at radius 1 is 1.11 bits per heavy atom. The lowest BCUT2D eigenvalue weighted by atomic mass is 9.99. The van der Waals surface area contributed by atoms with E-state index in [4.69, 9.17) is 0 Å². The maximum atomic E-state index is 13.5. The van der Waals surface area contributed by atoms with Crippen molar-refractivity contribution in [2.45, 2.75) is 25.9 Å². The molecule has 0 aliphatic heterocycles. The SMILES string of the molecule is CCCc1ccc(C(O)c2ccc(Br)c(F)c2)cc1. The molecule has 0 fully saturated rings. The maximum Gasteiger partial charge on any atom is 0.137 e. The molecule has 0 bridgehead atoms. The third-order valence-electron chi connectivity index (χ3n) is 3.09. The molecule has 2 aromatic carbocycles. The van der Waals surface area contributed by atoms with Crippen LogP contribution in [-0.4, -0.2) is 5.11 Å². The standard InChI is InChI=1S/C16H16BrFO/c1-2-3-11-4-6-12(7-5-11)16(19)13-8-9-14(17)15(18)10-13/h4-10,16,19H,2-3H2,1H3. The Labute approximate surface area is 121 Å². The third kappa shape index (κ3) is 3.43. The number of rotatable bonds is 4. The zero-order valence-corrected chi connectivity index (χ0v) is 12.3. The Hall–Kier alpha value is -1.19. The zero-order chi connectivity index (χ0) is 13.8. The van der Waals surface area contributed by atoms with Gasteiger partial charge in [0.2, 0.25) is 0 Å². The van der Waals surface area contributed by atoms with Crippen molar-refractivity contribution >= 4 is 15.9 Å². The molecule has 0 saturated heterocycles. The predicted molar refractivity (Wildman–Crippen MR) is 78.6 cm³/mol. The summed E-state index contributed by atoms with van der Waals surface area (Å²) in [5.74, 6) is -0.362. The lowest BCUT2D eigenvalue weighted by Gasteiger charge is -2.12. The molecule has 3 heteroatoms. The molecule has 0 aromatic heterocycles. The van der Waals surface area contributed by atoms with Gasteiger partial charge in [-0.05, 0) is 51.2 Å². The first kappa shape index (κ1) is 14.2. The molecule has 0 saturated carbocycles. The lowest BCUT2D eigenvalue weighted by molar-refractivity contribution is 0.219. The van der Waals surface area contributed by atoms with Crippen LogP contribution in [0.5, 0.6) is 0 Å². The maximum absolute atomic E-state index is 13.5. The summed E-state index contributed by atoms with van der Waals surface area (Å²) in [4.78, 5) is 0. The van der Waals surface area contributed by atoms with Crippen molar-refractivity contribution in [3.8, 4) is 0 Å². The number of hydrogen-bond acceptors (Lipinski definition) is 1. The van der Waals surface area contributed by atoms with Crippen LogP contribution in [0.2, 0.25) is 0 Å². The molecule has 0 amide bonds. The Balaban J connectivity index is 2.22. The van der Waals surface area contributed by atoms with Crippen LogP contribution in [0.25, 0.3) is 0 Å². The van der Waals surface area contributed by atoms with E-state index < -0.39 is 6.10 Å². The molecule has 1 atom stereocenters. The summed E-state index contributed by atoms with van der Waals surface area (Å²) in [6.07, 6.45) is 1.33. The third-order valence-corrected chi connectivity index (χ3v) is 3.74. The fourth-order valence-electron chi connectivity index (χ4n) is 2.03. The monoisotopic (exact) mass is 322 g/mol. The molecule has 0 aliphatic carbocycles. The highest BCUT2D eigenvalue weighted by Gasteiger charge is 2.12. The number of benzene rings is 2. The molecule has 1 unspecified atom stereocenters. The molecular weight excluding hydrogens is 307 g/mol. The molecule has 1 N–H and O–H groups in total. The Kier molecular flexibility index (Phi) is 4.72. The minimum absolute atomic E-state index is 0.362. The van der Waals surface area contributed by atoms with E-state index >= 15 is 0 Å². The molecule has 2 aromatic rings. The van der Waals surface area contributed by atoms with Crippen LogP contribution in [-0.2, 0) is 6.42 Å². The number of hydrogen-bond donors (Lipinski definition) is 1. The van der Waals surface area contributed by atoms with Gasteiger partial charge in [0.15, 0.2) is 0 Å². The minimum atomic E-state index is -0.793. The van der Waals surface area contributed by atoms with Crippen LogP contribution < -0.4 is 0 Å². The molecule has 2 rings (SSSR count). The highest BCUT2D eigenvalue weighted by Crippen LogP contribution is 2.25. The number of aliphatic hydroxyl groups is 1. The van der Waals surface area contributed by atoms with Crippen LogP contribution in [0.3, 0.4) is 0 Å². The van der Waals surface area contributed by atoms with E-state index in [1.165, 1.54) is 11.6 Å². The van der Waals surface area contributed by atoms with Gasteiger partial charge in [-0.25, -0.2) is 4.39 Å². The summed E-state index contributed by atoms with van der Waals surface area (Å²) in [6, 6.07) is 12.5. The number of halogens is 2. The van der Waals surface area contributed by atoms with Gasteiger partial charge >= 0.3 is 0 Å². The van der Waals surface area contributed by atoms with Crippen LogP contribution in [0.15, 0.2) is 46.9 Å².